The number of hydrogen-bond donors (Lipinski definition) is 2. The summed E-state index contributed by atoms with van der Waals surface area (Å²) in [7, 11) is 0. The highest BCUT2D eigenvalue weighted by Gasteiger charge is 2.27. The molecule has 2 rings (SSSR count). The van der Waals surface area contributed by atoms with Crippen molar-refractivity contribution in [3.63, 3.8) is 0 Å². The van der Waals surface area contributed by atoms with E-state index >= 15 is 0 Å². The second kappa shape index (κ2) is 7.22. The second-order valence-electron chi connectivity index (χ2n) is 5.85. The van der Waals surface area contributed by atoms with Crippen molar-refractivity contribution in [2.75, 3.05) is 26.2 Å². The third-order valence-corrected chi connectivity index (χ3v) is 3.94. The van der Waals surface area contributed by atoms with Gasteiger partial charge in [0, 0.05) is 12.6 Å². The van der Waals surface area contributed by atoms with Gasteiger partial charge in [-0.2, -0.15) is 0 Å². The highest BCUT2D eigenvalue weighted by atomic mass is 16.6. The standard InChI is InChI=1S/C15H21N3O4/c1-15(6-8-16-9-7-15)11-17-14(19)10-22-13-5-3-2-4-12(13)18(20)21/h2-5,16H,6-11H2,1H3,(H,17,19). The molecule has 7 heteroatoms. The minimum Gasteiger partial charge on any atom is -0.477 e. The molecule has 0 spiro atoms. The predicted molar refractivity (Wildman–Crippen MR) is 81.8 cm³/mol. The molecule has 1 aromatic rings. The van der Waals surface area contributed by atoms with Crippen LogP contribution in [0.25, 0.3) is 0 Å². The molecule has 2 N–H and O–H groups in total. The highest BCUT2D eigenvalue weighted by Crippen LogP contribution is 2.27. The molecule has 1 amide bonds. The molecule has 0 bridgehead atoms. The Morgan fingerprint density at radius 2 is 2.09 bits per heavy atom. The zero-order chi connectivity index (χ0) is 16.0. The number of nitrogens with one attached hydrogen (secondary N) is 2. The maximum Gasteiger partial charge on any atom is 0.310 e. The quantitative estimate of drug-likeness (QED) is 0.613. The Labute approximate surface area is 129 Å². The first-order valence-electron chi connectivity index (χ1n) is 7.34. The molecule has 0 aliphatic carbocycles. The number of carbonyl (C=O) groups is 1. The van der Waals surface area contributed by atoms with Crippen LogP contribution in [0.4, 0.5) is 5.69 Å². The maximum absolute atomic E-state index is 11.9. The number of piperidine rings is 1. The number of nitrogens with zero attached hydrogens (tertiary/aromatic N) is 1. The lowest BCUT2D eigenvalue weighted by atomic mass is 9.81. The minimum atomic E-state index is -0.525. The smallest absolute Gasteiger partial charge is 0.310 e. The molecular formula is C15H21N3O4. The van der Waals surface area contributed by atoms with Crippen LogP contribution in [-0.4, -0.2) is 37.1 Å². The van der Waals surface area contributed by atoms with Crippen LogP contribution in [0.15, 0.2) is 24.3 Å². The van der Waals surface area contributed by atoms with Gasteiger partial charge in [0.1, 0.15) is 0 Å². The van der Waals surface area contributed by atoms with Gasteiger partial charge in [-0.15, -0.1) is 0 Å². The first-order valence-corrected chi connectivity index (χ1v) is 7.34. The monoisotopic (exact) mass is 307 g/mol. The number of nitro benzene ring substituents is 1. The molecule has 120 valence electrons. The van der Waals surface area contributed by atoms with Crippen molar-refractivity contribution in [3.8, 4) is 5.75 Å². The van der Waals surface area contributed by atoms with Crippen LogP contribution in [0.5, 0.6) is 5.75 Å². The summed E-state index contributed by atoms with van der Waals surface area (Å²) in [6, 6.07) is 6.03. The predicted octanol–water partition coefficient (Wildman–Crippen LogP) is 1.48. The van der Waals surface area contributed by atoms with Crippen LogP contribution >= 0.6 is 0 Å². The Bertz CT molecular complexity index is 541. The summed E-state index contributed by atoms with van der Waals surface area (Å²) in [5.74, 6) is -0.159. The second-order valence-corrected chi connectivity index (χ2v) is 5.85. The van der Waals surface area contributed by atoms with Crippen molar-refractivity contribution in [2.45, 2.75) is 19.8 Å². The fourth-order valence-corrected chi connectivity index (χ4v) is 2.44. The molecule has 1 fully saturated rings. The Morgan fingerprint density at radius 1 is 1.41 bits per heavy atom. The third-order valence-electron chi connectivity index (χ3n) is 3.94. The number of nitro groups is 1. The van der Waals surface area contributed by atoms with E-state index in [1.807, 2.05) is 0 Å². The van der Waals surface area contributed by atoms with Gasteiger partial charge < -0.3 is 15.4 Å². The van der Waals surface area contributed by atoms with E-state index in [0.29, 0.717) is 6.54 Å². The number of benzene rings is 1. The Kier molecular flexibility index (Phi) is 5.32. The highest BCUT2D eigenvalue weighted by molar-refractivity contribution is 5.77. The van der Waals surface area contributed by atoms with E-state index in [-0.39, 0.29) is 29.4 Å². The Hall–Kier alpha value is -2.15. The number of hydrogen-bond acceptors (Lipinski definition) is 5. The average Bonchev–Trinajstić information content (AvgIpc) is 2.52. The van der Waals surface area contributed by atoms with E-state index in [1.54, 1.807) is 12.1 Å². The van der Waals surface area contributed by atoms with Gasteiger partial charge in [0.25, 0.3) is 5.91 Å². The molecule has 0 unspecified atom stereocenters. The molecule has 1 aliphatic heterocycles. The summed E-state index contributed by atoms with van der Waals surface area (Å²) < 4.78 is 5.27. The lowest BCUT2D eigenvalue weighted by Crippen LogP contribution is -2.43. The van der Waals surface area contributed by atoms with Crippen LogP contribution in [0, 0.1) is 15.5 Å². The summed E-state index contributed by atoms with van der Waals surface area (Å²) in [4.78, 5) is 22.2. The van der Waals surface area contributed by atoms with Crippen molar-refractivity contribution in [1.82, 2.24) is 10.6 Å². The summed E-state index contributed by atoms with van der Waals surface area (Å²) >= 11 is 0. The maximum atomic E-state index is 11.9. The van der Waals surface area contributed by atoms with Gasteiger partial charge in [0.05, 0.1) is 4.92 Å². The van der Waals surface area contributed by atoms with Gasteiger partial charge in [0.2, 0.25) is 0 Å². The molecule has 22 heavy (non-hydrogen) atoms. The van der Waals surface area contributed by atoms with Gasteiger partial charge in [-0.3, -0.25) is 14.9 Å². The molecule has 1 saturated heterocycles. The number of para-hydroxylation sites is 2. The van der Waals surface area contributed by atoms with E-state index < -0.39 is 4.92 Å². The molecule has 0 saturated carbocycles. The first-order chi connectivity index (χ1) is 10.5. The van der Waals surface area contributed by atoms with Crippen molar-refractivity contribution >= 4 is 11.6 Å². The van der Waals surface area contributed by atoms with E-state index in [9.17, 15) is 14.9 Å². The normalized spacial score (nSPS) is 16.8. The van der Waals surface area contributed by atoms with E-state index in [2.05, 4.69) is 17.6 Å². The Morgan fingerprint density at radius 3 is 2.77 bits per heavy atom. The molecule has 0 atom stereocenters. The zero-order valence-electron chi connectivity index (χ0n) is 12.6. The number of rotatable bonds is 6. The van der Waals surface area contributed by atoms with Crippen molar-refractivity contribution in [3.05, 3.63) is 34.4 Å². The topological polar surface area (TPSA) is 93.5 Å². The van der Waals surface area contributed by atoms with Crippen LogP contribution in [0.2, 0.25) is 0 Å². The Balaban J connectivity index is 1.82. The average molecular weight is 307 g/mol. The first kappa shape index (κ1) is 16.2. The van der Waals surface area contributed by atoms with Crippen LogP contribution in [0.3, 0.4) is 0 Å². The van der Waals surface area contributed by atoms with Crippen LogP contribution in [-0.2, 0) is 4.79 Å². The lowest BCUT2D eigenvalue weighted by Gasteiger charge is -2.34. The fourth-order valence-electron chi connectivity index (χ4n) is 2.44. The summed E-state index contributed by atoms with van der Waals surface area (Å²) in [5.41, 5.74) is -0.0414. The summed E-state index contributed by atoms with van der Waals surface area (Å²) in [6.07, 6.45) is 2.02. The summed E-state index contributed by atoms with van der Waals surface area (Å²) in [5, 5.41) is 17.0. The largest absolute Gasteiger partial charge is 0.477 e. The molecule has 1 aliphatic rings. The van der Waals surface area contributed by atoms with Gasteiger partial charge >= 0.3 is 5.69 Å². The molecular weight excluding hydrogens is 286 g/mol. The van der Waals surface area contributed by atoms with E-state index in [1.165, 1.54) is 12.1 Å². The summed E-state index contributed by atoms with van der Waals surface area (Å²) in [6.45, 7) is 4.43. The van der Waals surface area contributed by atoms with Gasteiger partial charge in [-0.05, 0) is 37.4 Å². The molecule has 1 heterocycles. The van der Waals surface area contributed by atoms with Crippen LogP contribution in [0.1, 0.15) is 19.8 Å². The number of ether oxygens (including phenoxy) is 1. The zero-order valence-corrected chi connectivity index (χ0v) is 12.6. The van der Waals surface area contributed by atoms with Gasteiger partial charge in [0.15, 0.2) is 12.4 Å². The number of amides is 1. The lowest BCUT2D eigenvalue weighted by molar-refractivity contribution is -0.385. The van der Waals surface area contributed by atoms with Gasteiger partial charge in [-0.1, -0.05) is 19.1 Å². The fraction of sp³-hybridized carbons (Fsp3) is 0.533. The molecule has 1 aromatic carbocycles. The van der Waals surface area contributed by atoms with Crippen molar-refractivity contribution in [1.29, 1.82) is 0 Å². The minimum absolute atomic E-state index is 0.0969. The van der Waals surface area contributed by atoms with Crippen LogP contribution < -0.4 is 15.4 Å². The van der Waals surface area contributed by atoms with Gasteiger partial charge in [-0.25, -0.2) is 0 Å². The van der Waals surface area contributed by atoms with Crippen molar-refractivity contribution in [2.24, 2.45) is 5.41 Å². The van der Waals surface area contributed by atoms with E-state index in [0.717, 1.165) is 25.9 Å². The SMILES string of the molecule is CC1(CNC(=O)COc2ccccc2[N+](=O)[O-])CCNCC1. The van der Waals surface area contributed by atoms with E-state index in [4.69, 9.17) is 4.74 Å². The molecule has 0 radical (unpaired) electrons. The van der Waals surface area contributed by atoms with Crippen molar-refractivity contribution < 1.29 is 14.5 Å². The third kappa shape index (κ3) is 4.42. The molecule has 7 nitrogen and oxygen atoms in total. The molecule has 0 aromatic heterocycles. The number of carbonyl (C=O) groups excluding carboxylic acids is 1.